The van der Waals surface area contributed by atoms with Gasteiger partial charge in [0.05, 0.1) is 113 Å². The fourth-order valence-corrected chi connectivity index (χ4v) is 14.4. The van der Waals surface area contributed by atoms with Gasteiger partial charge in [0.1, 0.15) is 22.3 Å². The summed E-state index contributed by atoms with van der Waals surface area (Å²) in [6.45, 7) is 0. The molecule has 0 saturated heterocycles. The highest BCUT2D eigenvalue weighted by molar-refractivity contribution is 5.87. The van der Waals surface area contributed by atoms with E-state index in [1.165, 1.54) is 0 Å². The van der Waals surface area contributed by atoms with Crippen LogP contribution in [0.4, 0.5) is 0 Å². The maximum atomic E-state index is 16.8. The Morgan fingerprint density at radius 1 is 0.212 bits per heavy atom. The third kappa shape index (κ3) is 9.72. The summed E-state index contributed by atoms with van der Waals surface area (Å²) >= 11 is 0. The van der Waals surface area contributed by atoms with Crippen molar-refractivity contribution in [3.8, 4) is 90.4 Å². The second-order valence-corrected chi connectivity index (χ2v) is 24.1. The SMILES string of the molecule is O=c1oc2cccccc-2c1[C+](c1cc([C+](c2c3cccccc-3n(-c3ccccc3)c2=O)c2c3cccccc-3n(-c3ccccc3)c2=O)cc([C+](c2c3cccccc-3n(-c3ccccc3)c2=O)c2c3cccccc-3n(-c3ccccc3)c2=O)c1)c1c2cccccc-2oc1=O. The second-order valence-electron chi connectivity index (χ2n) is 24.1. The highest BCUT2D eigenvalue weighted by Crippen LogP contribution is 2.49. The van der Waals surface area contributed by atoms with E-state index in [2.05, 4.69) is 0 Å². The van der Waals surface area contributed by atoms with E-state index in [0.717, 1.165) is 0 Å². The van der Waals surface area contributed by atoms with Crippen molar-refractivity contribution in [2.75, 3.05) is 0 Å². The van der Waals surface area contributed by atoms with Crippen LogP contribution in [0, 0.1) is 17.8 Å². The molecule has 0 amide bonds. The Kier molecular flexibility index (Phi) is 14.5. The molecule has 0 unspecified atom stereocenters. The summed E-state index contributed by atoms with van der Waals surface area (Å²) in [6.07, 6.45) is 0. The van der Waals surface area contributed by atoms with E-state index in [1.54, 1.807) is 91.1 Å². The standard InChI is InChI=1S/C87H53N4O8/c92-82-76(61-39-19-5-25-45-67(61)88(82)57-31-11-1-12-32-57)73(77-62-40-20-6-26-46-68(62)89(83(77)93)58-33-13-2-14-34-58)54-51-55(53-56(52-54)75(80-65-43-23-9-29-49-71(65)98-86(80)96)81-66-44-24-10-30-50-72(66)99-87(81)97)74(78-63-41-21-7-27-47-69(63)90(84(78)94)59-35-15-3-16-36-59)79-64-42-22-8-28-48-70(64)91(85(79)95)60-37-17-4-18-38-60/h1-53H/q+3. The molecule has 0 fully saturated rings. The molecule has 466 valence electrons. The summed E-state index contributed by atoms with van der Waals surface area (Å²) in [6, 6.07) is 97.2. The molecule has 0 bridgehead atoms. The van der Waals surface area contributed by atoms with Crippen LogP contribution in [0.5, 0.6) is 0 Å². The molecule has 17 rings (SSSR count). The Hall–Kier alpha value is -13.7. The van der Waals surface area contributed by atoms with Crippen molar-refractivity contribution in [2.24, 2.45) is 0 Å². The Morgan fingerprint density at radius 3 is 0.667 bits per heavy atom. The number of para-hydroxylation sites is 4. The molecule has 0 aromatic heterocycles. The first-order valence-corrected chi connectivity index (χ1v) is 32.3. The largest absolute Gasteiger partial charge is 0.394 e. The van der Waals surface area contributed by atoms with Gasteiger partial charge in [0.2, 0.25) is 0 Å². The van der Waals surface area contributed by atoms with Gasteiger partial charge >= 0.3 is 33.5 Å². The van der Waals surface area contributed by atoms with E-state index < -0.39 is 33.5 Å². The van der Waals surface area contributed by atoms with Crippen LogP contribution in [0.3, 0.4) is 0 Å². The van der Waals surface area contributed by atoms with Crippen LogP contribution in [0.2, 0.25) is 0 Å². The molecule has 0 radical (unpaired) electrons. The molecule has 5 aromatic carbocycles. The first kappa shape index (κ1) is 59.1. The Labute approximate surface area is 566 Å². The summed E-state index contributed by atoms with van der Waals surface area (Å²) < 4.78 is 19.0. The molecule has 6 aliphatic carbocycles. The number of nitrogens with zero attached hydrogens (tertiary/aromatic N) is 4. The van der Waals surface area contributed by atoms with Crippen molar-refractivity contribution in [1.29, 1.82) is 0 Å². The highest BCUT2D eigenvalue weighted by Gasteiger charge is 2.47. The molecule has 12 nitrogen and oxygen atoms in total. The van der Waals surface area contributed by atoms with Gasteiger partial charge in [0.25, 0.3) is 0 Å². The lowest BCUT2D eigenvalue weighted by Crippen LogP contribution is -2.27. The molecular formula is C87H53N4O8+3. The summed E-state index contributed by atoms with van der Waals surface area (Å²) in [7, 11) is 0. The number of hydrogen-bond donors (Lipinski definition) is 0. The first-order valence-electron chi connectivity index (χ1n) is 32.3. The number of hydrogen-bond acceptors (Lipinski definition) is 8. The van der Waals surface area contributed by atoms with Gasteiger partial charge in [0, 0.05) is 18.2 Å². The average Bonchev–Trinajstić information content (AvgIpc) is 1.58. The topological polar surface area (TPSA) is 148 Å². The monoisotopic (exact) mass is 1280 g/mol. The van der Waals surface area contributed by atoms with Crippen LogP contribution >= 0.6 is 0 Å². The number of aromatic nitrogens is 4. The molecule has 99 heavy (non-hydrogen) atoms. The Morgan fingerprint density at radius 2 is 0.414 bits per heavy atom. The lowest BCUT2D eigenvalue weighted by Gasteiger charge is -2.19. The molecule has 5 aromatic rings. The molecule has 12 aliphatic rings. The molecule has 12 heteroatoms. The maximum Gasteiger partial charge on any atom is 0.394 e. The number of benzene rings is 5. The van der Waals surface area contributed by atoms with Crippen molar-refractivity contribution in [1.82, 2.24) is 18.3 Å². The summed E-state index contributed by atoms with van der Waals surface area (Å²) in [5.74, 6) is 0.791. The number of fused-ring (bicyclic) bond motifs is 6. The van der Waals surface area contributed by atoms with Crippen molar-refractivity contribution in [3.05, 3.63) is 452 Å². The van der Waals surface area contributed by atoms with E-state index in [4.69, 9.17) is 8.83 Å². The number of furan rings is 2. The third-order valence-corrected chi connectivity index (χ3v) is 18.5. The maximum absolute atomic E-state index is 16.8. The summed E-state index contributed by atoms with van der Waals surface area (Å²) in [5, 5.41) is 0. The predicted molar refractivity (Wildman–Crippen MR) is 386 cm³/mol. The Balaban J connectivity index is 1.10. The summed E-state index contributed by atoms with van der Waals surface area (Å²) in [5.41, 5.74) is 4.39. The van der Waals surface area contributed by atoms with Gasteiger partial charge in [-0.25, -0.2) is 47.0 Å². The van der Waals surface area contributed by atoms with E-state index in [9.17, 15) is 0 Å². The molecule has 0 N–H and O–H groups in total. The van der Waals surface area contributed by atoms with E-state index in [0.29, 0.717) is 78.9 Å². The summed E-state index contributed by atoms with van der Waals surface area (Å²) in [4.78, 5) is 98.2. The van der Waals surface area contributed by atoms with Gasteiger partial charge < -0.3 is 8.83 Å². The minimum Gasteiger partial charge on any atom is -0.390 e. The number of rotatable bonds is 13. The Bertz CT molecular complexity index is 5480. The fraction of sp³-hybridized carbons (Fsp3) is 0. The molecule has 6 aliphatic heterocycles. The van der Waals surface area contributed by atoms with Crippen LogP contribution in [-0.2, 0) is 0 Å². The quantitative estimate of drug-likeness (QED) is 0.104. The van der Waals surface area contributed by atoms with Gasteiger partial charge in [-0.2, -0.15) is 0 Å². The normalized spacial score (nSPS) is 11.5. The van der Waals surface area contributed by atoms with E-state index in [1.807, 2.05) is 249 Å². The predicted octanol–water partition coefficient (Wildman–Crippen LogP) is 15.9. The zero-order chi connectivity index (χ0) is 66.8. The van der Waals surface area contributed by atoms with E-state index >= 15 is 28.8 Å². The van der Waals surface area contributed by atoms with E-state index in [-0.39, 0.29) is 79.3 Å². The zero-order valence-electron chi connectivity index (χ0n) is 52.7. The second kappa shape index (κ2) is 24.2. The van der Waals surface area contributed by atoms with Crippen LogP contribution < -0.4 is 33.5 Å². The van der Waals surface area contributed by atoms with Crippen LogP contribution in [0.15, 0.2) is 359 Å². The van der Waals surface area contributed by atoms with Crippen molar-refractivity contribution in [3.63, 3.8) is 0 Å². The first-order chi connectivity index (χ1) is 48.7. The van der Waals surface area contributed by atoms with Crippen LogP contribution in [-0.4, -0.2) is 18.3 Å². The molecule has 0 spiro atoms. The zero-order valence-corrected chi connectivity index (χ0v) is 52.7. The lowest BCUT2D eigenvalue weighted by molar-refractivity contribution is 0.539. The minimum absolute atomic E-state index is 0.0115. The van der Waals surface area contributed by atoms with Gasteiger partial charge in [-0.05, 0) is 121 Å². The van der Waals surface area contributed by atoms with Crippen molar-refractivity contribution >= 4 is 0 Å². The third-order valence-electron chi connectivity index (χ3n) is 18.5. The molecule has 0 saturated carbocycles. The van der Waals surface area contributed by atoms with Crippen molar-refractivity contribution < 1.29 is 8.83 Å². The highest BCUT2D eigenvalue weighted by atomic mass is 16.4. The van der Waals surface area contributed by atoms with Gasteiger partial charge in [-0.3, -0.25) is 0 Å². The molecule has 0 atom stereocenters. The van der Waals surface area contributed by atoms with Gasteiger partial charge in [0.15, 0.2) is 22.6 Å². The molecule has 6 heterocycles. The van der Waals surface area contributed by atoms with Gasteiger partial charge in [-0.1, -0.05) is 182 Å². The minimum atomic E-state index is -0.790. The lowest BCUT2D eigenvalue weighted by atomic mass is 9.75. The van der Waals surface area contributed by atoms with Crippen LogP contribution in [0.1, 0.15) is 50.1 Å². The van der Waals surface area contributed by atoms with Crippen molar-refractivity contribution in [2.45, 2.75) is 0 Å². The fourth-order valence-electron chi connectivity index (χ4n) is 14.4. The van der Waals surface area contributed by atoms with Crippen LogP contribution in [0.25, 0.3) is 90.4 Å². The average molecular weight is 1280 g/mol. The smallest absolute Gasteiger partial charge is 0.390 e. The molecular weight excluding hydrogens is 1230 g/mol. The van der Waals surface area contributed by atoms with Gasteiger partial charge in [-0.15, -0.1) is 0 Å².